The van der Waals surface area contributed by atoms with E-state index < -0.39 is 0 Å². The zero-order valence-corrected chi connectivity index (χ0v) is 14.0. The van der Waals surface area contributed by atoms with E-state index in [0.717, 1.165) is 25.0 Å². The number of hydrogen-bond acceptors (Lipinski definition) is 3. The van der Waals surface area contributed by atoms with E-state index in [9.17, 15) is 4.79 Å². The van der Waals surface area contributed by atoms with Crippen LogP contribution in [0.15, 0.2) is 23.5 Å². The number of carbonyl (C=O) groups is 1. The first-order valence-electron chi connectivity index (χ1n) is 8.34. The number of nitrogens with zero attached hydrogens (tertiary/aromatic N) is 1. The van der Waals surface area contributed by atoms with Crippen molar-refractivity contribution in [1.29, 1.82) is 0 Å². The van der Waals surface area contributed by atoms with Crippen LogP contribution in [0.5, 0.6) is 0 Å². The van der Waals surface area contributed by atoms with Crippen molar-refractivity contribution in [2.75, 3.05) is 13.6 Å². The lowest BCUT2D eigenvalue weighted by atomic mass is 9.84. The summed E-state index contributed by atoms with van der Waals surface area (Å²) in [6.07, 6.45) is 14.3. The summed E-state index contributed by atoms with van der Waals surface area (Å²) in [6.45, 7) is 4.94. The number of hydrogen-bond donors (Lipinski definition) is 0. The van der Waals surface area contributed by atoms with E-state index in [1.165, 1.54) is 12.0 Å². The van der Waals surface area contributed by atoms with Gasteiger partial charge in [-0.2, -0.15) is 0 Å². The summed E-state index contributed by atoms with van der Waals surface area (Å²) < 4.78 is 5.55. The molecule has 3 heteroatoms. The molecule has 3 unspecified atom stereocenters. The third-order valence-electron chi connectivity index (χ3n) is 4.77. The second kappa shape index (κ2) is 7.65. The monoisotopic (exact) mass is 301 g/mol. The highest BCUT2D eigenvalue weighted by Gasteiger charge is 2.37. The summed E-state index contributed by atoms with van der Waals surface area (Å²) in [7, 11) is 2.07. The van der Waals surface area contributed by atoms with Gasteiger partial charge in [0.2, 0.25) is 0 Å². The van der Waals surface area contributed by atoms with E-state index >= 15 is 0 Å². The van der Waals surface area contributed by atoms with Crippen molar-refractivity contribution in [3.8, 4) is 12.3 Å². The van der Waals surface area contributed by atoms with Crippen LogP contribution in [0.4, 0.5) is 0 Å². The van der Waals surface area contributed by atoms with Gasteiger partial charge in [-0.25, -0.2) is 0 Å². The lowest BCUT2D eigenvalue weighted by molar-refractivity contribution is -0.139. The molecule has 2 aliphatic carbocycles. The fraction of sp³-hybridized carbons (Fsp3) is 0.632. The van der Waals surface area contributed by atoms with Gasteiger partial charge in [0, 0.05) is 12.5 Å². The fourth-order valence-corrected chi connectivity index (χ4v) is 3.57. The summed E-state index contributed by atoms with van der Waals surface area (Å²) in [5.41, 5.74) is 1.38. The Morgan fingerprint density at radius 2 is 2.27 bits per heavy atom. The third kappa shape index (κ3) is 3.81. The van der Waals surface area contributed by atoms with Crippen LogP contribution < -0.4 is 0 Å². The van der Waals surface area contributed by atoms with Crippen LogP contribution >= 0.6 is 0 Å². The van der Waals surface area contributed by atoms with Gasteiger partial charge in [-0.15, -0.1) is 6.42 Å². The maximum Gasteiger partial charge on any atom is 0.311 e. The minimum atomic E-state index is -0.123. The Morgan fingerprint density at radius 3 is 2.95 bits per heavy atom. The van der Waals surface area contributed by atoms with E-state index in [-0.39, 0.29) is 5.97 Å². The van der Waals surface area contributed by atoms with E-state index in [0.29, 0.717) is 30.8 Å². The van der Waals surface area contributed by atoms with Gasteiger partial charge in [-0.1, -0.05) is 26.2 Å². The Morgan fingerprint density at radius 1 is 1.50 bits per heavy atom. The molecule has 0 N–H and O–H groups in total. The summed E-state index contributed by atoms with van der Waals surface area (Å²) >= 11 is 0. The molecule has 3 atom stereocenters. The molecule has 120 valence electrons. The minimum Gasteiger partial charge on any atom is -0.427 e. The van der Waals surface area contributed by atoms with Crippen LogP contribution in [0.2, 0.25) is 0 Å². The summed E-state index contributed by atoms with van der Waals surface area (Å²) in [5.74, 6) is 4.29. The number of allylic oxidation sites excluding steroid dienone is 2. The number of unbranched alkanes of at least 4 members (excludes halogenated alkanes) is 1. The van der Waals surface area contributed by atoms with E-state index in [2.05, 4.69) is 43.9 Å². The molecule has 0 aliphatic heterocycles. The fourth-order valence-electron chi connectivity index (χ4n) is 3.57. The molecule has 0 aromatic rings. The molecule has 22 heavy (non-hydrogen) atoms. The molecule has 0 aromatic heterocycles. The zero-order chi connectivity index (χ0) is 16.1. The van der Waals surface area contributed by atoms with E-state index in [1.807, 2.05) is 0 Å². The molecule has 0 bridgehead atoms. The number of ether oxygens (including phenoxy) is 1. The Bertz CT molecular complexity index is 512. The molecule has 3 nitrogen and oxygen atoms in total. The van der Waals surface area contributed by atoms with Crippen molar-refractivity contribution >= 4 is 5.97 Å². The second-order valence-corrected chi connectivity index (χ2v) is 6.47. The highest BCUT2D eigenvalue weighted by Crippen LogP contribution is 2.43. The average molecular weight is 301 g/mol. The Balaban J connectivity index is 2.09. The summed E-state index contributed by atoms with van der Waals surface area (Å²) in [5, 5.41) is 0. The zero-order valence-electron chi connectivity index (χ0n) is 14.0. The van der Waals surface area contributed by atoms with Gasteiger partial charge in [-0.3, -0.25) is 9.69 Å². The smallest absolute Gasteiger partial charge is 0.311 e. The van der Waals surface area contributed by atoms with E-state index in [4.69, 9.17) is 11.2 Å². The first-order chi connectivity index (χ1) is 10.6. The van der Waals surface area contributed by atoms with Crippen LogP contribution in [0.3, 0.4) is 0 Å². The van der Waals surface area contributed by atoms with Gasteiger partial charge < -0.3 is 4.74 Å². The Hall–Kier alpha value is -1.53. The molecule has 2 rings (SSSR count). The molecule has 1 fully saturated rings. The maximum atomic E-state index is 11.9. The second-order valence-electron chi connectivity index (χ2n) is 6.47. The van der Waals surface area contributed by atoms with Crippen molar-refractivity contribution in [2.24, 2.45) is 11.8 Å². The lowest BCUT2D eigenvalue weighted by Crippen LogP contribution is -2.33. The van der Waals surface area contributed by atoms with Crippen LogP contribution in [0.25, 0.3) is 0 Å². The van der Waals surface area contributed by atoms with Crippen LogP contribution in [0.1, 0.15) is 46.0 Å². The van der Waals surface area contributed by atoms with Crippen molar-refractivity contribution < 1.29 is 9.53 Å². The van der Waals surface area contributed by atoms with Gasteiger partial charge in [0.05, 0.1) is 6.54 Å². The van der Waals surface area contributed by atoms with E-state index in [1.54, 1.807) is 0 Å². The minimum absolute atomic E-state index is 0.123. The molecule has 0 saturated heterocycles. The van der Waals surface area contributed by atoms with Gasteiger partial charge in [0.1, 0.15) is 5.76 Å². The molecular formula is C19H27NO2. The third-order valence-corrected chi connectivity index (χ3v) is 4.77. The summed E-state index contributed by atoms with van der Waals surface area (Å²) in [6, 6.07) is 0.376. The highest BCUT2D eigenvalue weighted by atomic mass is 16.5. The van der Waals surface area contributed by atoms with Crippen molar-refractivity contribution in [3.05, 3.63) is 23.5 Å². The number of likely N-dealkylation sites (N-methyl/N-ethyl adjacent to an activating group) is 1. The van der Waals surface area contributed by atoms with Crippen LogP contribution in [-0.4, -0.2) is 30.5 Å². The molecule has 0 amide bonds. The van der Waals surface area contributed by atoms with Crippen LogP contribution in [0, 0.1) is 24.2 Å². The van der Waals surface area contributed by atoms with Gasteiger partial charge in [-0.05, 0) is 55.9 Å². The highest BCUT2D eigenvalue weighted by molar-refractivity contribution is 5.71. The van der Waals surface area contributed by atoms with Gasteiger partial charge >= 0.3 is 5.97 Å². The molecule has 1 saturated carbocycles. The number of fused-ring (bicyclic) bond motifs is 1. The van der Waals surface area contributed by atoms with Crippen LogP contribution in [-0.2, 0) is 9.53 Å². The number of esters is 1. The molecular weight excluding hydrogens is 274 g/mol. The predicted octanol–water partition coefficient (Wildman–Crippen LogP) is 3.52. The first kappa shape index (κ1) is 16.8. The first-order valence-corrected chi connectivity index (χ1v) is 8.34. The van der Waals surface area contributed by atoms with Gasteiger partial charge in [0.25, 0.3) is 0 Å². The molecule has 0 radical (unpaired) electrons. The predicted molar refractivity (Wildman–Crippen MR) is 88.9 cm³/mol. The standard InChI is InChI=1S/C19H27NO2/c1-5-7-8-19(21)22-15-12-14(3)16-9-10-18(17(16)13-15)20(4)11-6-2/h2,12-14,16,18H,5,7-11H2,1,3-4H3. The van der Waals surface area contributed by atoms with Gasteiger partial charge in [0.15, 0.2) is 0 Å². The molecule has 0 spiro atoms. The number of terminal acetylenes is 1. The number of rotatable bonds is 6. The Kier molecular flexibility index (Phi) is 5.85. The maximum absolute atomic E-state index is 11.9. The lowest BCUT2D eigenvalue weighted by Gasteiger charge is -2.29. The molecule has 0 aromatic carbocycles. The quantitative estimate of drug-likeness (QED) is 0.555. The largest absolute Gasteiger partial charge is 0.427 e. The Labute approximate surface area is 134 Å². The summed E-state index contributed by atoms with van der Waals surface area (Å²) in [4.78, 5) is 14.1. The average Bonchev–Trinajstić information content (AvgIpc) is 2.89. The van der Waals surface area contributed by atoms with Crippen molar-refractivity contribution in [1.82, 2.24) is 4.90 Å². The SMILES string of the molecule is C#CCN(C)C1CCC2C1=CC(OC(=O)CCCC)=CC2C. The number of carbonyl (C=O) groups excluding carboxylic acids is 1. The topological polar surface area (TPSA) is 29.5 Å². The van der Waals surface area contributed by atoms with Crippen molar-refractivity contribution in [3.63, 3.8) is 0 Å². The normalized spacial score (nSPS) is 27.0. The molecule has 0 heterocycles. The molecule has 2 aliphatic rings. The van der Waals surface area contributed by atoms with Crippen molar-refractivity contribution in [2.45, 2.75) is 52.0 Å².